The van der Waals surface area contributed by atoms with Gasteiger partial charge in [-0.25, -0.2) is 4.98 Å². The minimum atomic E-state index is 0.431. The van der Waals surface area contributed by atoms with E-state index in [1.807, 2.05) is 18.5 Å². The molecule has 1 aliphatic carbocycles. The number of aromatic nitrogens is 4. The summed E-state index contributed by atoms with van der Waals surface area (Å²) in [6.45, 7) is 2.47. The number of fused-ring (bicyclic) bond motifs is 1. The number of hydrogen-bond donors (Lipinski definition) is 0. The molecule has 0 spiro atoms. The maximum atomic E-state index is 5.69. The first-order chi connectivity index (χ1) is 11.4. The Morgan fingerprint density at radius 1 is 1.26 bits per heavy atom. The van der Waals surface area contributed by atoms with Crippen molar-refractivity contribution in [3.8, 4) is 11.7 Å². The van der Waals surface area contributed by atoms with E-state index < -0.39 is 0 Å². The molecule has 0 amide bonds. The first-order valence-corrected chi connectivity index (χ1v) is 8.00. The molecule has 0 N–H and O–H groups in total. The molecule has 7 nitrogen and oxygen atoms in total. The number of imidazole rings is 1. The number of furan rings is 1. The summed E-state index contributed by atoms with van der Waals surface area (Å²) in [7, 11) is 0. The Hall–Kier alpha value is -2.41. The summed E-state index contributed by atoms with van der Waals surface area (Å²) in [5, 5.41) is 8.17. The first-order valence-electron chi connectivity index (χ1n) is 8.00. The van der Waals surface area contributed by atoms with Gasteiger partial charge in [-0.15, -0.1) is 10.2 Å². The molecule has 2 aliphatic rings. The van der Waals surface area contributed by atoms with Crippen LogP contribution in [0.4, 0.5) is 0 Å². The van der Waals surface area contributed by atoms with Gasteiger partial charge in [0.1, 0.15) is 0 Å². The summed E-state index contributed by atoms with van der Waals surface area (Å²) in [5.41, 5.74) is 2.60. The van der Waals surface area contributed by atoms with Crippen molar-refractivity contribution in [1.82, 2.24) is 24.6 Å². The second-order valence-electron chi connectivity index (χ2n) is 6.22. The van der Waals surface area contributed by atoms with Crippen molar-refractivity contribution < 1.29 is 8.83 Å². The normalized spacial score (nSPS) is 18.3. The van der Waals surface area contributed by atoms with E-state index in [0.29, 0.717) is 30.1 Å². The van der Waals surface area contributed by atoms with Gasteiger partial charge in [0.05, 0.1) is 24.8 Å². The highest BCUT2D eigenvalue weighted by atomic mass is 16.4. The molecular weight excluding hydrogens is 294 g/mol. The van der Waals surface area contributed by atoms with E-state index in [4.69, 9.17) is 8.83 Å². The quantitative estimate of drug-likeness (QED) is 0.737. The molecule has 0 bridgehead atoms. The second kappa shape index (κ2) is 5.06. The van der Waals surface area contributed by atoms with Crippen molar-refractivity contribution in [3.63, 3.8) is 0 Å². The van der Waals surface area contributed by atoms with Crippen molar-refractivity contribution >= 4 is 0 Å². The molecule has 4 heterocycles. The third kappa shape index (κ3) is 2.37. The van der Waals surface area contributed by atoms with Gasteiger partial charge in [-0.3, -0.25) is 4.90 Å². The molecule has 7 heteroatoms. The fraction of sp³-hybridized carbons (Fsp3) is 0.438. The van der Waals surface area contributed by atoms with E-state index >= 15 is 0 Å². The zero-order valence-electron chi connectivity index (χ0n) is 12.7. The molecule has 0 unspecified atom stereocenters. The van der Waals surface area contributed by atoms with Gasteiger partial charge in [0, 0.05) is 31.2 Å². The lowest BCUT2D eigenvalue weighted by Gasteiger charge is -2.25. The standard InChI is InChI=1S/C16H17N5O2/c1-2-14(22-7-1)16-19-18-15(23-16)9-20-6-5-13-12(8-20)17-10-21(13)11-3-4-11/h1-2,7,10-11H,3-6,8-9H2. The van der Waals surface area contributed by atoms with Crippen molar-refractivity contribution in [1.29, 1.82) is 0 Å². The first kappa shape index (κ1) is 13.1. The molecule has 1 aliphatic heterocycles. The molecule has 0 aromatic carbocycles. The van der Waals surface area contributed by atoms with Crippen molar-refractivity contribution in [2.45, 2.75) is 38.4 Å². The zero-order chi connectivity index (χ0) is 15.2. The Morgan fingerprint density at radius 3 is 3.04 bits per heavy atom. The topological polar surface area (TPSA) is 73.1 Å². The predicted molar refractivity (Wildman–Crippen MR) is 80.3 cm³/mol. The third-order valence-corrected chi connectivity index (χ3v) is 4.52. The van der Waals surface area contributed by atoms with Crippen LogP contribution in [0.3, 0.4) is 0 Å². The smallest absolute Gasteiger partial charge is 0.283 e. The van der Waals surface area contributed by atoms with Crippen LogP contribution in [0.25, 0.3) is 11.7 Å². The maximum Gasteiger partial charge on any atom is 0.283 e. The van der Waals surface area contributed by atoms with Gasteiger partial charge in [0.15, 0.2) is 5.76 Å². The molecule has 5 rings (SSSR count). The Kier molecular flexibility index (Phi) is 2.87. The van der Waals surface area contributed by atoms with Crippen LogP contribution >= 0.6 is 0 Å². The maximum absolute atomic E-state index is 5.69. The van der Waals surface area contributed by atoms with E-state index in [9.17, 15) is 0 Å². The Labute approximate surface area is 132 Å². The summed E-state index contributed by atoms with van der Waals surface area (Å²) in [4.78, 5) is 6.89. The monoisotopic (exact) mass is 311 g/mol. The van der Waals surface area contributed by atoms with Crippen LogP contribution in [0.2, 0.25) is 0 Å². The number of nitrogens with zero attached hydrogens (tertiary/aromatic N) is 5. The van der Waals surface area contributed by atoms with E-state index in [1.165, 1.54) is 24.2 Å². The molecule has 0 saturated heterocycles. The van der Waals surface area contributed by atoms with Gasteiger partial charge in [-0.05, 0) is 25.0 Å². The van der Waals surface area contributed by atoms with Crippen LogP contribution in [-0.4, -0.2) is 31.2 Å². The van der Waals surface area contributed by atoms with E-state index in [2.05, 4.69) is 24.6 Å². The van der Waals surface area contributed by atoms with Crippen molar-refractivity contribution in [2.75, 3.05) is 6.54 Å². The van der Waals surface area contributed by atoms with Crippen LogP contribution < -0.4 is 0 Å². The van der Waals surface area contributed by atoms with Gasteiger partial charge >= 0.3 is 0 Å². The molecule has 3 aromatic rings. The van der Waals surface area contributed by atoms with Crippen molar-refractivity contribution in [3.05, 3.63) is 42.0 Å². The van der Waals surface area contributed by atoms with Crippen molar-refractivity contribution in [2.24, 2.45) is 0 Å². The largest absolute Gasteiger partial charge is 0.459 e. The molecule has 118 valence electrons. The lowest BCUT2D eigenvalue weighted by molar-refractivity contribution is 0.216. The average molecular weight is 311 g/mol. The molecule has 1 fully saturated rings. The molecule has 0 atom stereocenters. The number of rotatable bonds is 4. The van der Waals surface area contributed by atoms with Crippen LogP contribution in [-0.2, 0) is 19.5 Å². The second-order valence-corrected chi connectivity index (χ2v) is 6.22. The molecule has 3 aromatic heterocycles. The van der Waals surface area contributed by atoms with Gasteiger partial charge in [-0.2, -0.15) is 0 Å². The lowest BCUT2D eigenvalue weighted by Crippen LogP contribution is -2.31. The predicted octanol–water partition coefficient (Wildman–Crippen LogP) is 2.42. The van der Waals surface area contributed by atoms with E-state index in [1.54, 1.807) is 6.26 Å². The van der Waals surface area contributed by atoms with Gasteiger partial charge in [0.25, 0.3) is 5.89 Å². The van der Waals surface area contributed by atoms with Crippen LogP contribution in [0.15, 0.2) is 33.6 Å². The van der Waals surface area contributed by atoms with Gasteiger partial charge in [0.2, 0.25) is 5.89 Å². The van der Waals surface area contributed by atoms with Gasteiger partial charge < -0.3 is 13.4 Å². The number of hydrogen-bond acceptors (Lipinski definition) is 6. The SMILES string of the molecule is c1coc(-c2nnc(CN3CCc4c(ncn4C4CC4)C3)o2)c1. The van der Waals surface area contributed by atoms with Crippen LogP contribution in [0, 0.1) is 0 Å². The minimum absolute atomic E-state index is 0.431. The molecule has 0 radical (unpaired) electrons. The van der Waals surface area contributed by atoms with Gasteiger partial charge in [-0.1, -0.05) is 0 Å². The summed E-state index contributed by atoms with van der Waals surface area (Å²) >= 11 is 0. The summed E-state index contributed by atoms with van der Waals surface area (Å²) < 4.78 is 13.3. The fourth-order valence-electron chi connectivity index (χ4n) is 3.20. The Bertz CT molecular complexity index is 816. The highest BCUT2D eigenvalue weighted by Crippen LogP contribution is 2.37. The zero-order valence-corrected chi connectivity index (χ0v) is 12.7. The highest BCUT2D eigenvalue weighted by molar-refractivity contribution is 5.42. The fourth-order valence-corrected chi connectivity index (χ4v) is 3.20. The Balaban J connectivity index is 1.30. The lowest BCUT2D eigenvalue weighted by atomic mass is 10.1. The third-order valence-electron chi connectivity index (χ3n) is 4.52. The van der Waals surface area contributed by atoms with E-state index in [-0.39, 0.29) is 0 Å². The van der Waals surface area contributed by atoms with Crippen LogP contribution in [0.5, 0.6) is 0 Å². The molecule has 1 saturated carbocycles. The Morgan fingerprint density at radius 2 is 2.22 bits per heavy atom. The molecular formula is C16H17N5O2. The van der Waals surface area contributed by atoms with E-state index in [0.717, 1.165) is 19.5 Å². The summed E-state index contributed by atoms with van der Waals surface area (Å²) in [5.74, 6) is 1.65. The average Bonchev–Trinajstić information content (AvgIpc) is 2.99. The summed E-state index contributed by atoms with van der Waals surface area (Å²) in [6.07, 6.45) is 7.23. The minimum Gasteiger partial charge on any atom is -0.459 e. The molecule has 23 heavy (non-hydrogen) atoms. The van der Waals surface area contributed by atoms with Crippen LogP contribution in [0.1, 0.15) is 36.2 Å². The summed E-state index contributed by atoms with van der Waals surface area (Å²) in [6, 6.07) is 4.32. The highest BCUT2D eigenvalue weighted by Gasteiger charge is 2.29.